The number of H-pyrrole nitrogens is 1. The van der Waals surface area contributed by atoms with Gasteiger partial charge in [-0.25, -0.2) is 17.9 Å². The second kappa shape index (κ2) is 5.58. The third-order valence-corrected chi connectivity index (χ3v) is 4.51. The van der Waals surface area contributed by atoms with Gasteiger partial charge >= 0.3 is 5.97 Å². The normalized spacial score (nSPS) is 15.5. The average molecular weight is 284 g/mol. The monoisotopic (exact) mass is 284 g/mol. The fraction of sp³-hybridized carbons (Fsp3) is 0.417. The van der Waals surface area contributed by atoms with E-state index in [0.29, 0.717) is 13.0 Å². The maximum Gasteiger partial charge on any atom is 0.352 e. The molecule has 0 fully saturated rings. The molecule has 7 heteroatoms. The van der Waals surface area contributed by atoms with Crippen LogP contribution in [-0.4, -0.2) is 31.0 Å². The number of aromatic nitrogens is 1. The molecule has 104 valence electrons. The molecular formula is C12H16N2O4S. The summed E-state index contributed by atoms with van der Waals surface area (Å²) in [4.78, 5) is 13.0. The Morgan fingerprint density at radius 2 is 2.26 bits per heavy atom. The second-order valence-electron chi connectivity index (χ2n) is 4.46. The van der Waals surface area contributed by atoms with E-state index in [-0.39, 0.29) is 10.6 Å². The summed E-state index contributed by atoms with van der Waals surface area (Å²) < 4.78 is 26.3. The minimum absolute atomic E-state index is 0.0506. The molecule has 0 saturated heterocycles. The van der Waals surface area contributed by atoms with Crippen LogP contribution in [0.15, 0.2) is 28.8 Å². The Labute approximate surface area is 111 Å². The van der Waals surface area contributed by atoms with E-state index in [0.717, 1.165) is 25.3 Å². The molecule has 1 heterocycles. The van der Waals surface area contributed by atoms with Crippen LogP contribution >= 0.6 is 0 Å². The SMILES string of the molecule is O=C(O)c1cc(S(=O)(=O)NCCC2=CCCC2)c[nH]1. The van der Waals surface area contributed by atoms with Gasteiger partial charge in [0.05, 0.1) is 0 Å². The number of nitrogens with one attached hydrogen (secondary N) is 2. The first-order valence-corrected chi connectivity index (χ1v) is 7.56. The fourth-order valence-electron chi connectivity index (χ4n) is 2.05. The van der Waals surface area contributed by atoms with Crippen LogP contribution in [0.2, 0.25) is 0 Å². The minimum atomic E-state index is -3.64. The van der Waals surface area contributed by atoms with Gasteiger partial charge in [-0.1, -0.05) is 11.6 Å². The molecule has 0 aliphatic heterocycles. The van der Waals surface area contributed by atoms with Gasteiger partial charge in [-0.15, -0.1) is 0 Å². The molecule has 0 aromatic carbocycles. The Morgan fingerprint density at radius 1 is 1.47 bits per heavy atom. The molecule has 0 radical (unpaired) electrons. The van der Waals surface area contributed by atoms with E-state index in [1.165, 1.54) is 11.8 Å². The zero-order valence-electron chi connectivity index (χ0n) is 10.3. The van der Waals surface area contributed by atoms with Crippen molar-refractivity contribution in [3.63, 3.8) is 0 Å². The van der Waals surface area contributed by atoms with Crippen molar-refractivity contribution < 1.29 is 18.3 Å². The Hall–Kier alpha value is -1.60. The van der Waals surface area contributed by atoms with E-state index in [2.05, 4.69) is 15.8 Å². The zero-order valence-corrected chi connectivity index (χ0v) is 11.2. The van der Waals surface area contributed by atoms with Crippen molar-refractivity contribution in [3.8, 4) is 0 Å². The smallest absolute Gasteiger partial charge is 0.352 e. The first-order valence-electron chi connectivity index (χ1n) is 6.08. The number of allylic oxidation sites excluding steroid dienone is 1. The quantitative estimate of drug-likeness (QED) is 0.689. The number of sulfonamides is 1. The highest BCUT2D eigenvalue weighted by molar-refractivity contribution is 7.89. The number of rotatable bonds is 6. The Kier molecular flexibility index (Phi) is 4.06. The van der Waals surface area contributed by atoms with Crippen molar-refractivity contribution >= 4 is 16.0 Å². The molecule has 0 bridgehead atoms. The fourth-order valence-corrected chi connectivity index (χ4v) is 3.07. The molecule has 3 N–H and O–H groups in total. The number of aromatic carboxylic acids is 1. The summed E-state index contributed by atoms with van der Waals surface area (Å²) in [5, 5.41) is 8.73. The lowest BCUT2D eigenvalue weighted by atomic mass is 10.2. The van der Waals surface area contributed by atoms with Gasteiger partial charge in [0.1, 0.15) is 10.6 Å². The summed E-state index contributed by atoms with van der Waals surface area (Å²) in [6, 6.07) is 1.11. The van der Waals surface area contributed by atoms with Crippen LogP contribution in [0, 0.1) is 0 Å². The van der Waals surface area contributed by atoms with Crippen molar-refractivity contribution in [3.05, 3.63) is 29.6 Å². The molecule has 19 heavy (non-hydrogen) atoms. The zero-order chi connectivity index (χ0) is 13.9. The molecule has 0 amide bonds. The Morgan fingerprint density at radius 3 is 2.84 bits per heavy atom. The van der Waals surface area contributed by atoms with Crippen LogP contribution < -0.4 is 4.72 Å². The highest BCUT2D eigenvalue weighted by atomic mass is 32.2. The maximum atomic E-state index is 11.9. The molecule has 0 atom stereocenters. The number of carboxylic acids is 1. The number of carbonyl (C=O) groups is 1. The minimum Gasteiger partial charge on any atom is -0.477 e. The van der Waals surface area contributed by atoms with Gasteiger partial charge in [0.15, 0.2) is 0 Å². The van der Waals surface area contributed by atoms with Crippen molar-refractivity contribution in [2.75, 3.05) is 6.54 Å². The van der Waals surface area contributed by atoms with Crippen molar-refractivity contribution in [1.29, 1.82) is 0 Å². The summed E-state index contributed by atoms with van der Waals surface area (Å²) in [5.41, 5.74) is 1.14. The van der Waals surface area contributed by atoms with E-state index >= 15 is 0 Å². The lowest BCUT2D eigenvalue weighted by molar-refractivity contribution is 0.0691. The standard InChI is InChI=1S/C12H16N2O4S/c15-12(16)11-7-10(8-13-11)19(17,18)14-6-5-9-3-1-2-4-9/h3,7-8,13-14H,1-2,4-6H2,(H,15,16). The summed E-state index contributed by atoms with van der Waals surface area (Å²) >= 11 is 0. The van der Waals surface area contributed by atoms with Crippen LogP contribution in [0.4, 0.5) is 0 Å². The van der Waals surface area contributed by atoms with Crippen LogP contribution in [-0.2, 0) is 10.0 Å². The summed E-state index contributed by atoms with van der Waals surface area (Å²) in [5.74, 6) is -1.18. The van der Waals surface area contributed by atoms with E-state index in [1.807, 2.05) is 0 Å². The number of carboxylic acid groups (broad SMARTS) is 1. The predicted octanol–water partition coefficient (Wildman–Crippen LogP) is 1.49. The highest BCUT2D eigenvalue weighted by Gasteiger charge is 2.18. The van der Waals surface area contributed by atoms with Crippen LogP contribution in [0.5, 0.6) is 0 Å². The number of hydrogen-bond acceptors (Lipinski definition) is 3. The lowest BCUT2D eigenvalue weighted by Crippen LogP contribution is -2.24. The molecule has 0 unspecified atom stereocenters. The lowest BCUT2D eigenvalue weighted by Gasteiger charge is -2.05. The Bertz CT molecular complexity index is 601. The van der Waals surface area contributed by atoms with E-state index in [4.69, 9.17) is 5.11 Å². The number of aromatic amines is 1. The van der Waals surface area contributed by atoms with E-state index in [1.54, 1.807) is 0 Å². The average Bonchev–Trinajstić information content (AvgIpc) is 2.99. The third kappa shape index (κ3) is 3.45. The van der Waals surface area contributed by atoms with Gasteiger partial charge < -0.3 is 10.1 Å². The molecule has 1 aromatic rings. The topological polar surface area (TPSA) is 99.3 Å². The van der Waals surface area contributed by atoms with Crippen molar-refractivity contribution in [1.82, 2.24) is 9.71 Å². The summed E-state index contributed by atoms with van der Waals surface area (Å²) in [6.45, 7) is 0.335. The third-order valence-electron chi connectivity index (χ3n) is 3.07. The molecular weight excluding hydrogens is 268 g/mol. The van der Waals surface area contributed by atoms with Gasteiger partial charge in [-0.2, -0.15) is 0 Å². The molecule has 0 saturated carbocycles. The second-order valence-corrected chi connectivity index (χ2v) is 6.22. The molecule has 1 aromatic heterocycles. The van der Waals surface area contributed by atoms with Crippen molar-refractivity contribution in [2.24, 2.45) is 0 Å². The van der Waals surface area contributed by atoms with Crippen molar-refractivity contribution in [2.45, 2.75) is 30.6 Å². The molecule has 2 rings (SSSR count). The first kappa shape index (κ1) is 13.8. The van der Waals surface area contributed by atoms with Gasteiger partial charge in [-0.3, -0.25) is 0 Å². The van der Waals surface area contributed by atoms with E-state index in [9.17, 15) is 13.2 Å². The van der Waals surface area contributed by atoms with Gasteiger partial charge in [0, 0.05) is 12.7 Å². The van der Waals surface area contributed by atoms with Gasteiger partial charge in [0.25, 0.3) is 0 Å². The van der Waals surface area contributed by atoms with Gasteiger partial charge in [-0.05, 0) is 31.7 Å². The Balaban J connectivity index is 1.95. The predicted molar refractivity (Wildman–Crippen MR) is 69.5 cm³/mol. The summed E-state index contributed by atoms with van der Waals surface area (Å²) in [6.07, 6.45) is 7.28. The molecule has 0 spiro atoms. The van der Waals surface area contributed by atoms with E-state index < -0.39 is 16.0 Å². The molecule has 1 aliphatic rings. The van der Waals surface area contributed by atoms with Crippen LogP contribution in [0.25, 0.3) is 0 Å². The first-order chi connectivity index (χ1) is 8.99. The largest absolute Gasteiger partial charge is 0.477 e. The van der Waals surface area contributed by atoms with Crippen LogP contribution in [0.3, 0.4) is 0 Å². The van der Waals surface area contributed by atoms with Gasteiger partial charge in [0.2, 0.25) is 10.0 Å². The highest BCUT2D eigenvalue weighted by Crippen LogP contribution is 2.20. The molecule has 6 nitrogen and oxygen atoms in total. The summed E-state index contributed by atoms with van der Waals surface area (Å²) in [7, 11) is -3.64. The molecule has 1 aliphatic carbocycles. The number of hydrogen-bond donors (Lipinski definition) is 3. The van der Waals surface area contributed by atoms with Crippen LogP contribution in [0.1, 0.15) is 36.2 Å². The maximum absolute atomic E-state index is 11.9.